The van der Waals surface area contributed by atoms with Crippen molar-refractivity contribution in [1.29, 1.82) is 0 Å². The monoisotopic (exact) mass is 308 g/mol. The molecular formula is C17H28N2O3. The Bertz CT molecular complexity index is 457. The third-order valence-electron chi connectivity index (χ3n) is 3.83. The Kier molecular flexibility index (Phi) is 7.15. The van der Waals surface area contributed by atoms with Crippen LogP contribution in [-0.2, 0) is 14.3 Å². The Morgan fingerprint density at radius 2 is 2.05 bits per heavy atom. The van der Waals surface area contributed by atoms with Crippen LogP contribution in [0.3, 0.4) is 0 Å². The van der Waals surface area contributed by atoms with Gasteiger partial charge in [0, 0.05) is 18.2 Å². The third-order valence-corrected chi connectivity index (χ3v) is 3.83. The molecule has 22 heavy (non-hydrogen) atoms. The summed E-state index contributed by atoms with van der Waals surface area (Å²) in [5, 5.41) is 2.83. The molecule has 1 N–H and O–H groups in total. The molecule has 0 aromatic carbocycles. The molecule has 0 aromatic heterocycles. The highest BCUT2D eigenvalue weighted by Gasteiger charge is 2.37. The molecule has 2 atom stereocenters. The van der Waals surface area contributed by atoms with Gasteiger partial charge in [0.1, 0.15) is 11.8 Å². The molecule has 0 unspecified atom stereocenters. The van der Waals surface area contributed by atoms with Crippen LogP contribution in [0.25, 0.3) is 0 Å². The summed E-state index contributed by atoms with van der Waals surface area (Å²) in [4.78, 5) is 26.3. The highest BCUT2D eigenvalue weighted by atomic mass is 16.5. The van der Waals surface area contributed by atoms with Gasteiger partial charge in [-0.15, -0.1) is 0 Å². The molecule has 5 nitrogen and oxygen atoms in total. The number of rotatable bonds is 8. The van der Waals surface area contributed by atoms with E-state index in [9.17, 15) is 9.59 Å². The first-order valence-electron chi connectivity index (χ1n) is 8.06. The van der Waals surface area contributed by atoms with E-state index in [0.717, 1.165) is 25.0 Å². The predicted octanol–water partition coefficient (Wildman–Crippen LogP) is 2.74. The average Bonchev–Trinajstić information content (AvgIpc) is 2.82. The minimum atomic E-state index is -0.502. The lowest BCUT2D eigenvalue weighted by Gasteiger charge is -2.30. The first-order valence-corrected chi connectivity index (χ1v) is 8.06. The second-order valence-electron chi connectivity index (χ2n) is 5.52. The van der Waals surface area contributed by atoms with Gasteiger partial charge in [0.05, 0.1) is 13.2 Å². The van der Waals surface area contributed by atoms with Crippen LogP contribution in [0.1, 0.15) is 52.9 Å². The summed E-state index contributed by atoms with van der Waals surface area (Å²) in [5.74, 6) is 0.552. The summed E-state index contributed by atoms with van der Waals surface area (Å²) < 4.78 is 5.39. The van der Waals surface area contributed by atoms with Crippen molar-refractivity contribution in [3.8, 4) is 0 Å². The van der Waals surface area contributed by atoms with Crippen LogP contribution in [0.5, 0.6) is 0 Å². The van der Waals surface area contributed by atoms with Crippen molar-refractivity contribution < 1.29 is 14.3 Å². The summed E-state index contributed by atoms with van der Waals surface area (Å²) in [6.45, 7) is 9.81. The number of hydrogen-bond donors (Lipinski definition) is 1. The fraction of sp³-hybridized carbons (Fsp3) is 0.647. The van der Waals surface area contributed by atoms with Gasteiger partial charge in [0.15, 0.2) is 0 Å². The first kappa shape index (κ1) is 18.3. The lowest BCUT2D eigenvalue weighted by Crippen LogP contribution is -2.50. The van der Waals surface area contributed by atoms with Gasteiger partial charge in [-0.2, -0.15) is 0 Å². The summed E-state index contributed by atoms with van der Waals surface area (Å²) in [7, 11) is 1.61. The van der Waals surface area contributed by atoms with Crippen LogP contribution in [0.15, 0.2) is 24.1 Å². The molecule has 1 rings (SSSR count). The number of methoxy groups -OCH3 is 1. The molecule has 0 saturated heterocycles. The summed E-state index contributed by atoms with van der Waals surface area (Å²) in [5.41, 5.74) is 0.632. The number of carbonyl (C=O) groups is 2. The predicted molar refractivity (Wildman–Crippen MR) is 86.9 cm³/mol. The quantitative estimate of drug-likeness (QED) is 0.750. The van der Waals surface area contributed by atoms with E-state index >= 15 is 0 Å². The largest absolute Gasteiger partial charge is 0.499 e. The smallest absolute Gasteiger partial charge is 0.250 e. The molecule has 0 saturated carbocycles. The van der Waals surface area contributed by atoms with E-state index in [-0.39, 0.29) is 17.9 Å². The van der Waals surface area contributed by atoms with Crippen LogP contribution >= 0.6 is 0 Å². The van der Waals surface area contributed by atoms with Gasteiger partial charge in [-0.05, 0) is 12.8 Å². The number of nitrogens with zero attached hydrogens (tertiary/aromatic N) is 1. The van der Waals surface area contributed by atoms with Gasteiger partial charge in [-0.25, -0.2) is 0 Å². The molecule has 0 spiro atoms. The Morgan fingerprint density at radius 3 is 2.55 bits per heavy atom. The van der Waals surface area contributed by atoms with E-state index in [1.54, 1.807) is 18.9 Å². The average molecular weight is 308 g/mol. The normalized spacial score (nSPS) is 18.9. The second-order valence-corrected chi connectivity index (χ2v) is 5.52. The van der Waals surface area contributed by atoms with Crippen LogP contribution < -0.4 is 5.32 Å². The zero-order valence-electron chi connectivity index (χ0n) is 14.1. The van der Waals surface area contributed by atoms with Gasteiger partial charge in [0.25, 0.3) is 0 Å². The van der Waals surface area contributed by atoms with Crippen molar-refractivity contribution >= 4 is 11.8 Å². The number of amides is 2. The Balaban J connectivity index is 2.95. The van der Waals surface area contributed by atoms with Gasteiger partial charge in [-0.1, -0.05) is 40.2 Å². The molecule has 0 aromatic rings. The summed E-state index contributed by atoms with van der Waals surface area (Å²) in [6.07, 6.45) is 5.36. The Morgan fingerprint density at radius 1 is 1.36 bits per heavy atom. The molecule has 5 heteroatoms. The molecular weight excluding hydrogens is 280 g/mol. The third kappa shape index (κ3) is 4.12. The zero-order valence-corrected chi connectivity index (χ0v) is 14.1. The lowest BCUT2D eigenvalue weighted by molar-refractivity contribution is -0.136. The van der Waals surface area contributed by atoms with Crippen molar-refractivity contribution in [1.82, 2.24) is 10.2 Å². The van der Waals surface area contributed by atoms with E-state index in [0.29, 0.717) is 18.5 Å². The Hall–Kier alpha value is -1.78. The van der Waals surface area contributed by atoms with Crippen LogP contribution in [-0.4, -0.2) is 35.9 Å². The maximum Gasteiger partial charge on any atom is 0.250 e. The van der Waals surface area contributed by atoms with Crippen LogP contribution in [0.2, 0.25) is 0 Å². The summed E-state index contributed by atoms with van der Waals surface area (Å²) in [6, 6.07) is -0.619. The number of hydrogen-bond acceptors (Lipinski definition) is 3. The molecule has 0 radical (unpaired) electrons. The van der Waals surface area contributed by atoms with Crippen LogP contribution in [0, 0.1) is 0 Å². The van der Waals surface area contributed by atoms with Gasteiger partial charge >= 0.3 is 0 Å². The number of nitrogens with one attached hydrogen (secondary N) is 1. The van der Waals surface area contributed by atoms with E-state index < -0.39 is 6.04 Å². The van der Waals surface area contributed by atoms with Crippen molar-refractivity contribution in [3.63, 3.8) is 0 Å². The number of ether oxygens (including phenoxy) is 1. The first-order chi connectivity index (χ1) is 10.5. The Labute approximate surface area is 133 Å². The molecule has 1 heterocycles. The maximum absolute atomic E-state index is 12.9. The minimum absolute atomic E-state index is 0.101. The zero-order chi connectivity index (χ0) is 16.7. The lowest BCUT2D eigenvalue weighted by atomic mass is 10.1. The van der Waals surface area contributed by atoms with Crippen molar-refractivity contribution in [2.24, 2.45) is 0 Å². The number of allylic oxidation sites excluding steroid dienone is 1. The molecule has 1 aliphatic heterocycles. The summed E-state index contributed by atoms with van der Waals surface area (Å²) >= 11 is 0. The fourth-order valence-corrected chi connectivity index (χ4v) is 2.70. The van der Waals surface area contributed by atoms with E-state index in [2.05, 4.69) is 18.8 Å². The highest BCUT2D eigenvalue weighted by molar-refractivity contribution is 5.89. The van der Waals surface area contributed by atoms with Gasteiger partial charge in [-0.3, -0.25) is 9.59 Å². The molecule has 0 fully saturated rings. The van der Waals surface area contributed by atoms with Crippen LogP contribution in [0.4, 0.5) is 0 Å². The highest BCUT2D eigenvalue weighted by Crippen LogP contribution is 2.30. The molecule has 2 amide bonds. The molecule has 1 aliphatic rings. The van der Waals surface area contributed by atoms with Crippen molar-refractivity contribution in [3.05, 3.63) is 24.1 Å². The second kappa shape index (κ2) is 8.61. The van der Waals surface area contributed by atoms with E-state index in [4.69, 9.17) is 4.74 Å². The fourth-order valence-electron chi connectivity index (χ4n) is 2.70. The van der Waals surface area contributed by atoms with Gasteiger partial charge < -0.3 is 15.0 Å². The molecule has 0 aliphatic carbocycles. The SMILES string of the molecule is C=C1C=C(OC)[C@@H](CCC)N1C(=O)[C@@H](CCC)NC(=O)CC. The topological polar surface area (TPSA) is 58.6 Å². The number of carbonyl (C=O) groups excluding carboxylic acids is 2. The van der Waals surface area contributed by atoms with Gasteiger partial charge in [0.2, 0.25) is 11.8 Å². The molecule has 124 valence electrons. The van der Waals surface area contributed by atoms with Crippen molar-refractivity contribution in [2.45, 2.75) is 65.0 Å². The van der Waals surface area contributed by atoms with E-state index in [1.165, 1.54) is 0 Å². The minimum Gasteiger partial charge on any atom is -0.499 e. The van der Waals surface area contributed by atoms with E-state index in [1.807, 2.05) is 13.0 Å². The standard InChI is InChI=1S/C17H28N2O3/c1-6-9-13(18-16(20)8-3)17(21)19-12(4)11-15(22-5)14(19)10-7-2/h11,13-14H,4,6-10H2,1-3,5H3,(H,18,20)/t13-,14-/m1/s1. The molecule has 0 bridgehead atoms. The van der Waals surface area contributed by atoms with Crippen molar-refractivity contribution in [2.75, 3.05) is 7.11 Å². The maximum atomic E-state index is 12.9.